The van der Waals surface area contributed by atoms with Gasteiger partial charge in [-0.2, -0.15) is 0 Å². The summed E-state index contributed by atoms with van der Waals surface area (Å²) < 4.78 is 29.3. The molecule has 0 aromatic rings. The molecule has 1 rings (SSSR count). The first-order chi connectivity index (χ1) is 9.24. The second-order valence-electron chi connectivity index (χ2n) is 4.62. The molecule has 0 radical (unpaired) electrons. The summed E-state index contributed by atoms with van der Waals surface area (Å²) in [5, 5.41) is 0. The zero-order valence-electron chi connectivity index (χ0n) is 12.0. The molecule has 1 fully saturated rings. The number of nitrogens with one attached hydrogen (secondary N) is 1. The molecule has 1 aliphatic rings. The van der Waals surface area contributed by atoms with Gasteiger partial charge in [0.15, 0.2) is 0 Å². The Hall–Kier alpha value is -1.35. The van der Waals surface area contributed by atoms with Crippen LogP contribution in [0.4, 0.5) is 4.79 Å². The molecule has 0 aromatic carbocycles. The molecule has 0 aromatic heterocycles. The zero-order chi connectivity index (χ0) is 15.3. The van der Waals surface area contributed by atoms with E-state index in [1.807, 2.05) is 0 Å². The molecule has 20 heavy (non-hydrogen) atoms. The molecule has 1 heterocycles. The maximum atomic E-state index is 12.0. The topological polar surface area (TPSA) is 96.0 Å². The summed E-state index contributed by atoms with van der Waals surface area (Å²) in [5.74, 6) is -0.293. The smallest absolute Gasteiger partial charge is 0.409 e. The molecule has 0 spiro atoms. The number of piperazine rings is 1. The van der Waals surface area contributed by atoms with Gasteiger partial charge in [0.05, 0.1) is 18.9 Å². The Morgan fingerprint density at radius 3 is 2.15 bits per heavy atom. The van der Waals surface area contributed by atoms with Gasteiger partial charge in [-0.1, -0.05) is 0 Å². The number of hydrogen-bond acceptors (Lipinski definition) is 5. The van der Waals surface area contributed by atoms with E-state index >= 15 is 0 Å². The Bertz CT molecular complexity index is 457. The van der Waals surface area contributed by atoms with E-state index in [9.17, 15) is 18.0 Å². The second-order valence-corrected chi connectivity index (χ2v) is 6.40. The summed E-state index contributed by atoms with van der Waals surface area (Å²) in [5.41, 5.74) is 0. The van der Waals surface area contributed by atoms with Gasteiger partial charge >= 0.3 is 6.09 Å². The van der Waals surface area contributed by atoms with Gasteiger partial charge in [0, 0.05) is 26.2 Å². The van der Waals surface area contributed by atoms with Gasteiger partial charge in [0.25, 0.3) is 0 Å². The van der Waals surface area contributed by atoms with Crippen LogP contribution in [0.15, 0.2) is 0 Å². The van der Waals surface area contributed by atoms with Crippen molar-refractivity contribution in [1.29, 1.82) is 0 Å². The lowest BCUT2D eigenvalue weighted by atomic mass is 10.2. The highest BCUT2D eigenvalue weighted by Gasteiger charge is 2.28. The van der Waals surface area contributed by atoms with Crippen molar-refractivity contribution in [2.45, 2.75) is 19.9 Å². The molecule has 8 nitrogen and oxygen atoms in total. The maximum absolute atomic E-state index is 12.0. The van der Waals surface area contributed by atoms with Gasteiger partial charge in [0.2, 0.25) is 15.9 Å². The highest BCUT2D eigenvalue weighted by atomic mass is 32.2. The minimum atomic E-state index is -3.42. The van der Waals surface area contributed by atoms with Crippen molar-refractivity contribution in [2.24, 2.45) is 0 Å². The van der Waals surface area contributed by atoms with Crippen LogP contribution < -0.4 is 4.72 Å². The average molecular weight is 307 g/mol. The van der Waals surface area contributed by atoms with Crippen LogP contribution in [0.5, 0.6) is 0 Å². The van der Waals surface area contributed by atoms with Crippen molar-refractivity contribution in [1.82, 2.24) is 14.5 Å². The lowest BCUT2D eigenvalue weighted by Crippen LogP contribution is -2.55. The Labute approximate surface area is 119 Å². The van der Waals surface area contributed by atoms with Crippen LogP contribution in [-0.2, 0) is 19.6 Å². The second kappa shape index (κ2) is 6.89. The molecule has 2 amide bonds. The van der Waals surface area contributed by atoms with E-state index in [1.165, 1.54) is 11.8 Å². The third kappa shape index (κ3) is 4.97. The standard InChI is InChI=1S/C11H21N3O5S/c1-4-19-11(16)14-7-5-13(6-8-14)10(15)9(2)12-20(3,17)18/h9,12H,4-8H2,1-3H3/t9-/m0/s1. The van der Waals surface area contributed by atoms with Crippen molar-refractivity contribution in [3.63, 3.8) is 0 Å². The molecule has 1 saturated heterocycles. The summed E-state index contributed by atoms with van der Waals surface area (Å²) >= 11 is 0. The fourth-order valence-electron chi connectivity index (χ4n) is 1.97. The summed E-state index contributed by atoms with van der Waals surface area (Å²) in [7, 11) is -3.42. The van der Waals surface area contributed by atoms with Crippen LogP contribution in [0.3, 0.4) is 0 Å². The Morgan fingerprint density at radius 1 is 1.20 bits per heavy atom. The molecule has 0 bridgehead atoms. The molecule has 116 valence electrons. The molecular weight excluding hydrogens is 286 g/mol. The minimum Gasteiger partial charge on any atom is -0.450 e. The van der Waals surface area contributed by atoms with Crippen LogP contribution in [0, 0.1) is 0 Å². The maximum Gasteiger partial charge on any atom is 0.409 e. The lowest BCUT2D eigenvalue weighted by molar-refractivity contribution is -0.134. The molecule has 1 N–H and O–H groups in total. The number of hydrogen-bond donors (Lipinski definition) is 1. The predicted octanol–water partition coefficient (Wildman–Crippen LogP) is -0.775. The quantitative estimate of drug-likeness (QED) is 0.735. The van der Waals surface area contributed by atoms with E-state index in [0.717, 1.165) is 6.26 Å². The highest BCUT2D eigenvalue weighted by molar-refractivity contribution is 7.88. The van der Waals surface area contributed by atoms with Crippen molar-refractivity contribution < 1.29 is 22.7 Å². The highest BCUT2D eigenvalue weighted by Crippen LogP contribution is 2.06. The zero-order valence-corrected chi connectivity index (χ0v) is 12.8. The number of nitrogens with zero attached hydrogens (tertiary/aromatic N) is 2. The Kier molecular flexibility index (Phi) is 5.75. The monoisotopic (exact) mass is 307 g/mol. The summed E-state index contributed by atoms with van der Waals surface area (Å²) in [4.78, 5) is 26.6. The molecular formula is C11H21N3O5S. The van der Waals surface area contributed by atoms with E-state index in [-0.39, 0.29) is 12.0 Å². The minimum absolute atomic E-state index is 0.293. The third-order valence-electron chi connectivity index (χ3n) is 2.88. The van der Waals surface area contributed by atoms with Crippen molar-refractivity contribution in [3.8, 4) is 0 Å². The van der Waals surface area contributed by atoms with E-state index in [0.29, 0.717) is 32.8 Å². The van der Waals surface area contributed by atoms with E-state index < -0.39 is 16.1 Å². The fourth-order valence-corrected chi connectivity index (χ4v) is 2.71. The largest absolute Gasteiger partial charge is 0.450 e. The number of carbonyl (C=O) groups is 2. The van der Waals surface area contributed by atoms with Crippen LogP contribution in [0.1, 0.15) is 13.8 Å². The van der Waals surface area contributed by atoms with Crippen LogP contribution in [0.25, 0.3) is 0 Å². The first kappa shape index (κ1) is 16.7. The molecule has 0 saturated carbocycles. The van der Waals surface area contributed by atoms with Gasteiger partial charge in [-0.25, -0.2) is 17.9 Å². The van der Waals surface area contributed by atoms with Gasteiger partial charge in [-0.3, -0.25) is 4.79 Å². The van der Waals surface area contributed by atoms with Gasteiger partial charge in [-0.05, 0) is 13.8 Å². The first-order valence-corrected chi connectivity index (χ1v) is 8.31. The first-order valence-electron chi connectivity index (χ1n) is 6.42. The summed E-state index contributed by atoms with van der Waals surface area (Å²) in [6, 6.07) is -0.806. The fraction of sp³-hybridized carbons (Fsp3) is 0.818. The molecule has 0 unspecified atom stereocenters. The molecule has 1 atom stereocenters. The van der Waals surface area contributed by atoms with Gasteiger partial charge < -0.3 is 14.5 Å². The predicted molar refractivity (Wildman–Crippen MR) is 72.6 cm³/mol. The SMILES string of the molecule is CCOC(=O)N1CCN(C(=O)[C@H](C)NS(C)(=O)=O)CC1. The average Bonchev–Trinajstić information content (AvgIpc) is 2.36. The van der Waals surface area contributed by atoms with Gasteiger partial charge in [0.1, 0.15) is 0 Å². The Balaban J connectivity index is 2.48. The van der Waals surface area contributed by atoms with Crippen LogP contribution in [0.2, 0.25) is 0 Å². The number of sulfonamides is 1. The number of rotatable bonds is 4. The Morgan fingerprint density at radius 2 is 1.70 bits per heavy atom. The number of amides is 2. The molecule has 9 heteroatoms. The van der Waals surface area contributed by atoms with Crippen molar-refractivity contribution in [2.75, 3.05) is 39.0 Å². The third-order valence-corrected chi connectivity index (χ3v) is 3.66. The molecule has 1 aliphatic heterocycles. The van der Waals surface area contributed by atoms with E-state index in [2.05, 4.69) is 4.72 Å². The summed E-state index contributed by atoms with van der Waals surface area (Å²) in [6.45, 7) is 5.05. The van der Waals surface area contributed by atoms with Crippen molar-refractivity contribution >= 4 is 22.0 Å². The number of carbonyl (C=O) groups excluding carboxylic acids is 2. The lowest BCUT2D eigenvalue weighted by Gasteiger charge is -2.35. The normalized spacial score (nSPS) is 17.8. The summed E-state index contributed by atoms with van der Waals surface area (Å²) in [6.07, 6.45) is 0.622. The van der Waals surface area contributed by atoms with E-state index in [4.69, 9.17) is 4.74 Å². The molecule has 0 aliphatic carbocycles. The van der Waals surface area contributed by atoms with Crippen LogP contribution >= 0.6 is 0 Å². The number of ether oxygens (including phenoxy) is 1. The van der Waals surface area contributed by atoms with Gasteiger partial charge in [-0.15, -0.1) is 0 Å². The van der Waals surface area contributed by atoms with E-state index in [1.54, 1.807) is 11.8 Å². The van der Waals surface area contributed by atoms with Crippen molar-refractivity contribution in [3.05, 3.63) is 0 Å². The van der Waals surface area contributed by atoms with Crippen LogP contribution in [-0.4, -0.2) is 75.3 Å².